The van der Waals surface area contributed by atoms with Crippen LogP contribution in [0.15, 0.2) is 34.7 Å². The van der Waals surface area contributed by atoms with Gasteiger partial charge in [0.2, 0.25) is 0 Å². The normalized spacial score (nSPS) is 21.1. The van der Waals surface area contributed by atoms with Gasteiger partial charge in [0.25, 0.3) is 11.8 Å². The van der Waals surface area contributed by atoms with Gasteiger partial charge in [0, 0.05) is 11.4 Å². The van der Waals surface area contributed by atoms with E-state index in [9.17, 15) is 9.59 Å². The Kier molecular flexibility index (Phi) is 3.63. The Morgan fingerprint density at radius 3 is 2.40 bits per heavy atom. The molecule has 0 spiro atoms. The minimum absolute atomic E-state index is 0.221. The van der Waals surface area contributed by atoms with Gasteiger partial charge in [-0.1, -0.05) is 12.1 Å². The molecule has 0 saturated carbocycles. The van der Waals surface area contributed by atoms with E-state index in [4.69, 9.17) is 0 Å². The average molecular weight is 288 g/mol. The first-order valence-corrected chi connectivity index (χ1v) is 7.19. The molecule has 4 nitrogen and oxygen atoms in total. The highest BCUT2D eigenvalue weighted by molar-refractivity contribution is 7.84. The van der Waals surface area contributed by atoms with Crippen LogP contribution >= 0.6 is 12.6 Å². The van der Waals surface area contributed by atoms with Crippen molar-refractivity contribution >= 4 is 24.4 Å². The summed E-state index contributed by atoms with van der Waals surface area (Å²) >= 11 is 4.50. The molecule has 0 atom stereocenters. The SMILES string of the molecule is O=C1c2ccccc2C(=O)N1C/C(S)=C1/CCCNC1. The summed E-state index contributed by atoms with van der Waals surface area (Å²) in [6, 6.07) is 6.95. The predicted molar refractivity (Wildman–Crippen MR) is 79.9 cm³/mol. The maximum absolute atomic E-state index is 12.3. The van der Waals surface area contributed by atoms with Crippen molar-refractivity contribution in [3.63, 3.8) is 0 Å². The second-order valence-electron chi connectivity index (χ2n) is 5.07. The van der Waals surface area contributed by atoms with Gasteiger partial charge in [-0.2, -0.15) is 0 Å². The maximum atomic E-state index is 12.3. The highest BCUT2D eigenvalue weighted by Gasteiger charge is 2.35. The van der Waals surface area contributed by atoms with Gasteiger partial charge >= 0.3 is 0 Å². The van der Waals surface area contributed by atoms with Crippen LogP contribution in [-0.4, -0.2) is 36.3 Å². The molecular weight excluding hydrogens is 272 g/mol. The molecule has 5 heteroatoms. The number of hydrogen-bond acceptors (Lipinski definition) is 4. The minimum atomic E-state index is -0.221. The Labute approximate surface area is 123 Å². The van der Waals surface area contributed by atoms with E-state index >= 15 is 0 Å². The highest BCUT2D eigenvalue weighted by atomic mass is 32.1. The van der Waals surface area contributed by atoms with Crippen molar-refractivity contribution in [2.24, 2.45) is 0 Å². The fraction of sp³-hybridized carbons (Fsp3) is 0.333. The molecule has 2 amide bonds. The second kappa shape index (κ2) is 5.42. The zero-order chi connectivity index (χ0) is 14.1. The number of carbonyl (C=O) groups excluding carboxylic acids is 2. The van der Waals surface area contributed by atoms with E-state index < -0.39 is 0 Å². The highest BCUT2D eigenvalue weighted by Crippen LogP contribution is 2.25. The van der Waals surface area contributed by atoms with Crippen molar-refractivity contribution in [1.82, 2.24) is 10.2 Å². The minimum Gasteiger partial charge on any atom is -0.313 e. The van der Waals surface area contributed by atoms with Crippen molar-refractivity contribution in [3.05, 3.63) is 45.9 Å². The summed E-state index contributed by atoms with van der Waals surface area (Å²) in [6.07, 6.45) is 2.05. The number of hydrogen-bond donors (Lipinski definition) is 2. The molecule has 2 heterocycles. The molecule has 104 valence electrons. The first-order chi connectivity index (χ1) is 9.68. The van der Waals surface area contributed by atoms with Gasteiger partial charge in [0.1, 0.15) is 0 Å². The van der Waals surface area contributed by atoms with E-state index in [2.05, 4.69) is 17.9 Å². The molecule has 20 heavy (non-hydrogen) atoms. The third-order valence-electron chi connectivity index (χ3n) is 3.76. The van der Waals surface area contributed by atoms with E-state index in [1.54, 1.807) is 24.3 Å². The van der Waals surface area contributed by atoms with Crippen LogP contribution in [0.2, 0.25) is 0 Å². The lowest BCUT2D eigenvalue weighted by atomic mass is 10.1. The molecule has 1 N–H and O–H groups in total. The molecule has 0 aliphatic carbocycles. The quantitative estimate of drug-likeness (QED) is 0.645. The van der Waals surface area contributed by atoms with Crippen LogP contribution in [0.25, 0.3) is 0 Å². The smallest absolute Gasteiger partial charge is 0.261 e. The van der Waals surface area contributed by atoms with Gasteiger partial charge in [-0.25, -0.2) is 0 Å². The zero-order valence-electron chi connectivity index (χ0n) is 11.1. The van der Waals surface area contributed by atoms with Gasteiger partial charge in [0.15, 0.2) is 0 Å². The predicted octanol–water partition coefficient (Wildman–Crippen LogP) is 1.85. The zero-order valence-corrected chi connectivity index (χ0v) is 12.0. The van der Waals surface area contributed by atoms with Gasteiger partial charge in [0.05, 0.1) is 17.7 Å². The van der Waals surface area contributed by atoms with Crippen LogP contribution in [0.4, 0.5) is 0 Å². The van der Waals surface area contributed by atoms with E-state index in [-0.39, 0.29) is 18.4 Å². The number of nitrogens with one attached hydrogen (secondary N) is 1. The fourth-order valence-electron chi connectivity index (χ4n) is 2.65. The molecule has 0 aromatic heterocycles. The Morgan fingerprint density at radius 1 is 1.20 bits per heavy atom. The topological polar surface area (TPSA) is 49.4 Å². The van der Waals surface area contributed by atoms with Crippen LogP contribution in [0.3, 0.4) is 0 Å². The van der Waals surface area contributed by atoms with E-state index in [0.717, 1.165) is 30.8 Å². The van der Waals surface area contributed by atoms with E-state index in [1.165, 1.54) is 10.5 Å². The van der Waals surface area contributed by atoms with Crippen molar-refractivity contribution < 1.29 is 9.59 Å². The lowest BCUT2D eigenvalue weighted by Crippen LogP contribution is -2.32. The standard InChI is InChI=1S/C15H16N2O2S/c18-14-11-5-1-2-6-12(11)15(19)17(14)9-13(20)10-4-3-7-16-8-10/h1-2,5-6,16,20H,3-4,7-9H2/b13-10+. The number of imide groups is 1. The molecular formula is C15H16N2O2S. The van der Waals surface area contributed by atoms with E-state index in [0.29, 0.717) is 11.1 Å². The van der Waals surface area contributed by atoms with E-state index in [1.807, 2.05) is 0 Å². The number of thiol groups is 1. The summed E-state index contributed by atoms with van der Waals surface area (Å²) in [6.45, 7) is 2.08. The number of rotatable bonds is 2. The Balaban J connectivity index is 1.83. The number of amides is 2. The summed E-state index contributed by atoms with van der Waals surface area (Å²) in [4.78, 5) is 26.6. The lowest BCUT2D eigenvalue weighted by Gasteiger charge is -2.20. The molecule has 1 saturated heterocycles. The van der Waals surface area contributed by atoms with Crippen LogP contribution in [0.5, 0.6) is 0 Å². The third kappa shape index (κ3) is 2.27. The van der Waals surface area contributed by atoms with Gasteiger partial charge in [-0.15, -0.1) is 12.6 Å². The summed E-state index contributed by atoms with van der Waals surface area (Å²) in [5, 5.41) is 3.29. The van der Waals surface area contributed by atoms with Crippen LogP contribution in [0.1, 0.15) is 33.6 Å². The molecule has 1 aromatic rings. The largest absolute Gasteiger partial charge is 0.313 e. The fourth-order valence-corrected chi connectivity index (χ4v) is 2.98. The van der Waals surface area contributed by atoms with Crippen LogP contribution < -0.4 is 5.32 Å². The third-order valence-corrected chi connectivity index (χ3v) is 4.22. The number of nitrogens with zero attached hydrogens (tertiary/aromatic N) is 1. The summed E-state index contributed by atoms with van der Waals surface area (Å²) in [5.41, 5.74) is 2.17. The molecule has 0 bridgehead atoms. The number of benzene rings is 1. The average Bonchev–Trinajstić information content (AvgIpc) is 2.74. The van der Waals surface area contributed by atoms with Crippen molar-refractivity contribution in [2.45, 2.75) is 12.8 Å². The number of piperidine rings is 1. The molecule has 1 aromatic carbocycles. The Morgan fingerprint density at radius 2 is 1.85 bits per heavy atom. The van der Waals surface area contributed by atoms with Crippen molar-refractivity contribution in [3.8, 4) is 0 Å². The van der Waals surface area contributed by atoms with Gasteiger partial charge in [-0.3, -0.25) is 14.5 Å². The Hall–Kier alpha value is -1.59. The first-order valence-electron chi connectivity index (χ1n) is 6.74. The van der Waals surface area contributed by atoms with Crippen molar-refractivity contribution in [2.75, 3.05) is 19.6 Å². The summed E-state index contributed by atoms with van der Waals surface area (Å²) < 4.78 is 0. The molecule has 1 fully saturated rings. The first kappa shape index (κ1) is 13.4. The second-order valence-corrected chi connectivity index (χ2v) is 5.61. The summed E-state index contributed by atoms with van der Waals surface area (Å²) in [5.74, 6) is -0.442. The van der Waals surface area contributed by atoms with Crippen LogP contribution in [-0.2, 0) is 0 Å². The lowest BCUT2D eigenvalue weighted by molar-refractivity contribution is 0.0670. The monoisotopic (exact) mass is 288 g/mol. The molecule has 2 aliphatic heterocycles. The maximum Gasteiger partial charge on any atom is 0.261 e. The van der Waals surface area contributed by atoms with Gasteiger partial charge in [-0.05, 0) is 37.1 Å². The Bertz CT molecular complexity index is 567. The van der Waals surface area contributed by atoms with Gasteiger partial charge < -0.3 is 5.32 Å². The number of carbonyl (C=O) groups is 2. The molecule has 0 radical (unpaired) electrons. The van der Waals surface area contributed by atoms with Crippen molar-refractivity contribution in [1.29, 1.82) is 0 Å². The van der Waals surface area contributed by atoms with Crippen LogP contribution in [0, 0.1) is 0 Å². The summed E-state index contributed by atoms with van der Waals surface area (Å²) in [7, 11) is 0. The molecule has 3 rings (SSSR count). The molecule has 0 unspecified atom stereocenters. The number of fused-ring (bicyclic) bond motifs is 1. The molecule has 2 aliphatic rings.